The van der Waals surface area contributed by atoms with Crippen LogP contribution in [0.4, 0.5) is 0 Å². The number of benzene rings is 12. The fraction of sp³-hybridized carbons (Fsp3) is 0. The lowest BCUT2D eigenvalue weighted by atomic mass is 9.80. The van der Waals surface area contributed by atoms with E-state index in [0.29, 0.717) is 22.3 Å². The van der Waals surface area contributed by atoms with Crippen LogP contribution in [0.2, 0.25) is 0 Å². The van der Waals surface area contributed by atoms with E-state index >= 15 is 0 Å². The molecule has 2 N–H and O–H groups in total. The molecule has 1 heterocycles. The van der Waals surface area contributed by atoms with Crippen LogP contribution in [-0.4, -0.2) is 10.2 Å². The van der Waals surface area contributed by atoms with Gasteiger partial charge in [0.25, 0.3) is 0 Å². The molecule has 12 aromatic carbocycles. The summed E-state index contributed by atoms with van der Waals surface area (Å²) in [7, 11) is 0. The molecule has 0 amide bonds. The number of furan rings is 1. The predicted octanol–water partition coefficient (Wildman–Crippen LogP) is 15.5. The smallest absolute Gasteiger partial charge is 0.135 e. The fourth-order valence-electron chi connectivity index (χ4n) is 10.2. The summed E-state index contributed by atoms with van der Waals surface area (Å²) >= 11 is 0. The minimum Gasteiger partial charge on any atom is -0.507 e. The molecule has 0 unspecified atom stereocenters. The van der Waals surface area contributed by atoms with Crippen LogP contribution in [0.5, 0.6) is 11.5 Å². The standard InChI is InChI=1S/C56H32O3/c57-55-51(31-8-2-1-3-9-31)53(42-27-22-36-18-16-32-10-6-12-34-20-25-40(42)49(36)47(32)34)56(58)54(52(55)38-24-29-46-44(30-38)39-14-4-5-15-45(39)59-46)43-28-23-37-19-17-33-11-7-13-35-21-26-41(43)50(37)48(33)35/h1-30,57-58H. The second-order valence-electron chi connectivity index (χ2n) is 15.8. The SMILES string of the molecule is Oc1c(-c2ccccc2)c(-c2ccc3ccc4cccc5ccc2c3c45)c(O)c(-c2ccc3ccc4cccc5ccc2c3c45)c1-c1ccc2oc3ccccc3c2c1. The lowest BCUT2D eigenvalue weighted by Gasteiger charge is -2.25. The Hall–Kier alpha value is -7.88. The molecule has 13 rings (SSSR count). The number of phenols is 2. The van der Waals surface area contributed by atoms with Crippen LogP contribution >= 0.6 is 0 Å². The molecule has 0 aliphatic rings. The average molecular weight is 753 g/mol. The molecule has 59 heavy (non-hydrogen) atoms. The highest BCUT2D eigenvalue weighted by atomic mass is 16.3. The van der Waals surface area contributed by atoms with Crippen LogP contribution in [0.1, 0.15) is 0 Å². The summed E-state index contributed by atoms with van der Waals surface area (Å²) in [6.07, 6.45) is 0. The van der Waals surface area contributed by atoms with Crippen LogP contribution in [0.15, 0.2) is 186 Å². The van der Waals surface area contributed by atoms with Gasteiger partial charge in [-0.3, -0.25) is 0 Å². The minimum atomic E-state index is 0.0996. The molecule has 3 nitrogen and oxygen atoms in total. The van der Waals surface area contributed by atoms with Crippen molar-refractivity contribution in [3.8, 4) is 56.0 Å². The third-order valence-corrected chi connectivity index (χ3v) is 12.8. The average Bonchev–Trinajstić information content (AvgIpc) is 3.66. The second kappa shape index (κ2) is 11.8. The van der Waals surface area contributed by atoms with Crippen molar-refractivity contribution in [1.82, 2.24) is 0 Å². The Morgan fingerprint density at radius 2 is 0.746 bits per heavy atom. The number of hydrogen-bond acceptors (Lipinski definition) is 3. The summed E-state index contributed by atoms with van der Waals surface area (Å²) in [5, 5.41) is 42.3. The third-order valence-electron chi connectivity index (χ3n) is 12.8. The molecule has 0 aliphatic carbocycles. The highest BCUT2D eigenvalue weighted by Crippen LogP contribution is 2.58. The molecule has 0 spiro atoms. The predicted molar refractivity (Wildman–Crippen MR) is 246 cm³/mol. The van der Waals surface area contributed by atoms with Gasteiger partial charge in [-0.15, -0.1) is 0 Å². The number of para-hydroxylation sites is 1. The topological polar surface area (TPSA) is 53.6 Å². The third kappa shape index (κ3) is 4.42. The minimum absolute atomic E-state index is 0.0996. The molecule has 1 aromatic heterocycles. The van der Waals surface area contributed by atoms with Crippen molar-refractivity contribution in [2.75, 3.05) is 0 Å². The highest BCUT2D eigenvalue weighted by Gasteiger charge is 2.30. The maximum Gasteiger partial charge on any atom is 0.135 e. The van der Waals surface area contributed by atoms with Crippen LogP contribution < -0.4 is 0 Å². The summed E-state index contributed by atoms with van der Waals surface area (Å²) in [6.45, 7) is 0. The van der Waals surface area contributed by atoms with Gasteiger partial charge in [0.1, 0.15) is 22.7 Å². The summed E-state index contributed by atoms with van der Waals surface area (Å²) in [4.78, 5) is 0. The Bertz CT molecular complexity index is 3820. The molecule has 0 aliphatic heterocycles. The Morgan fingerprint density at radius 3 is 1.34 bits per heavy atom. The molecular weight excluding hydrogens is 721 g/mol. The Morgan fingerprint density at radius 1 is 0.288 bits per heavy atom. The fourth-order valence-corrected chi connectivity index (χ4v) is 10.2. The van der Waals surface area contributed by atoms with Gasteiger partial charge >= 0.3 is 0 Å². The summed E-state index contributed by atoms with van der Waals surface area (Å²) < 4.78 is 6.28. The summed E-state index contributed by atoms with van der Waals surface area (Å²) in [5.41, 5.74) is 7.13. The Labute approximate surface area is 337 Å². The van der Waals surface area contributed by atoms with Gasteiger partial charge in [-0.25, -0.2) is 0 Å². The van der Waals surface area contributed by atoms with E-state index in [1.807, 2.05) is 60.7 Å². The molecule has 0 atom stereocenters. The number of aromatic hydroxyl groups is 2. The first-order chi connectivity index (χ1) is 29.1. The lowest BCUT2D eigenvalue weighted by Crippen LogP contribution is -1.97. The van der Waals surface area contributed by atoms with Gasteiger partial charge in [0.15, 0.2) is 0 Å². The van der Waals surface area contributed by atoms with Crippen LogP contribution in [0.3, 0.4) is 0 Å². The molecule has 0 saturated carbocycles. The van der Waals surface area contributed by atoms with E-state index in [1.165, 1.54) is 21.5 Å². The molecule has 0 radical (unpaired) electrons. The van der Waals surface area contributed by atoms with E-state index in [9.17, 15) is 10.2 Å². The molecule has 13 aromatic rings. The van der Waals surface area contributed by atoms with Crippen molar-refractivity contribution in [2.45, 2.75) is 0 Å². The molecule has 0 fully saturated rings. The zero-order chi connectivity index (χ0) is 38.9. The van der Waals surface area contributed by atoms with Crippen LogP contribution in [0, 0.1) is 0 Å². The first kappa shape index (κ1) is 32.2. The largest absolute Gasteiger partial charge is 0.507 e. The number of phenolic OH excluding ortho intramolecular Hbond substituents is 2. The Kier molecular flexibility index (Phi) is 6.46. The Balaban J connectivity index is 1.22. The molecule has 274 valence electrons. The van der Waals surface area contributed by atoms with Crippen molar-refractivity contribution in [3.63, 3.8) is 0 Å². The zero-order valence-corrected chi connectivity index (χ0v) is 31.6. The summed E-state index contributed by atoms with van der Waals surface area (Å²) in [5.74, 6) is 0.210. The zero-order valence-electron chi connectivity index (χ0n) is 31.6. The van der Waals surface area contributed by atoms with E-state index in [1.54, 1.807) is 0 Å². The quantitative estimate of drug-likeness (QED) is 0.139. The van der Waals surface area contributed by atoms with Crippen molar-refractivity contribution in [1.29, 1.82) is 0 Å². The van der Waals surface area contributed by atoms with Crippen molar-refractivity contribution < 1.29 is 14.6 Å². The van der Waals surface area contributed by atoms with Crippen molar-refractivity contribution in [2.24, 2.45) is 0 Å². The lowest BCUT2D eigenvalue weighted by molar-refractivity contribution is 0.467. The normalized spacial score (nSPS) is 12.2. The van der Waals surface area contributed by atoms with Gasteiger partial charge in [-0.2, -0.15) is 0 Å². The first-order valence-electron chi connectivity index (χ1n) is 20.0. The van der Waals surface area contributed by atoms with Crippen molar-refractivity contribution in [3.05, 3.63) is 182 Å². The van der Waals surface area contributed by atoms with E-state index in [-0.39, 0.29) is 11.5 Å². The summed E-state index contributed by atoms with van der Waals surface area (Å²) in [6, 6.07) is 62.9. The van der Waals surface area contributed by atoms with Gasteiger partial charge in [0.05, 0.1) is 0 Å². The van der Waals surface area contributed by atoms with Gasteiger partial charge in [0, 0.05) is 33.0 Å². The molecule has 3 heteroatoms. The van der Waals surface area contributed by atoms with E-state index in [2.05, 4.69) is 121 Å². The second-order valence-corrected chi connectivity index (χ2v) is 15.8. The van der Waals surface area contributed by atoms with Crippen LogP contribution in [-0.2, 0) is 0 Å². The van der Waals surface area contributed by atoms with E-state index in [0.717, 1.165) is 87.3 Å². The maximum absolute atomic E-state index is 13.5. The van der Waals surface area contributed by atoms with Gasteiger partial charge < -0.3 is 14.6 Å². The highest BCUT2D eigenvalue weighted by molar-refractivity contribution is 6.28. The molecule has 0 bridgehead atoms. The van der Waals surface area contributed by atoms with Crippen LogP contribution in [0.25, 0.3) is 131 Å². The monoisotopic (exact) mass is 752 g/mol. The van der Waals surface area contributed by atoms with E-state index < -0.39 is 0 Å². The maximum atomic E-state index is 13.5. The number of hydrogen-bond donors (Lipinski definition) is 2. The first-order valence-corrected chi connectivity index (χ1v) is 20.0. The van der Waals surface area contributed by atoms with E-state index in [4.69, 9.17) is 4.42 Å². The molecular formula is C56H32O3. The van der Waals surface area contributed by atoms with Gasteiger partial charge in [0.2, 0.25) is 0 Å². The van der Waals surface area contributed by atoms with Gasteiger partial charge in [-0.05, 0) is 105 Å². The number of fused-ring (bicyclic) bond motifs is 3. The number of rotatable bonds is 4. The molecule has 0 saturated heterocycles. The van der Waals surface area contributed by atoms with Crippen molar-refractivity contribution >= 4 is 86.6 Å². The van der Waals surface area contributed by atoms with Gasteiger partial charge in [-0.1, -0.05) is 164 Å².